The van der Waals surface area contributed by atoms with Crippen LogP contribution in [0.4, 0.5) is 0 Å². The molecular weight excluding hydrogens is 184 g/mol. The summed E-state index contributed by atoms with van der Waals surface area (Å²) in [6.07, 6.45) is 3.38. The zero-order valence-electron chi connectivity index (χ0n) is 7.47. The lowest BCUT2D eigenvalue weighted by Gasteiger charge is -1.88. The van der Waals surface area contributed by atoms with Crippen LogP contribution >= 0.6 is 0 Å². The van der Waals surface area contributed by atoms with Crippen LogP contribution in [0, 0.1) is 0 Å². The molecule has 5 heteroatoms. The number of aromatic carboxylic acids is 1. The highest BCUT2D eigenvalue weighted by atomic mass is 16.4. The van der Waals surface area contributed by atoms with E-state index in [1.54, 1.807) is 23.2 Å². The van der Waals surface area contributed by atoms with Gasteiger partial charge >= 0.3 is 5.97 Å². The monoisotopic (exact) mass is 192 g/mol. The van der Waals surface area contributed by atoms with Crippen LogP contribution in [0.2, 0.25) is 0 Å². The third-order valence-electron chi connectivity index (χ3n) is 1.77. The molecule has 0 saturated heterocycles. The van der Waals surface area contributed by atoms with Crippen LogP contribution < -0.4 is 0 Å². The second-order valence-electron chi connectivity index (χ2n) is 2.89. The van der Waals surface area contributed by atoms with Gasteiger partial charge in [0, 0.05) is 13.2 Å². The van der Waals surface area contributed by atoms with Crippen molar-refractivity contribution >= 4 is 5.97 Å². The number of nitrogens with zero attached hydrogens (tertiary/aromatic N) is 2. The van der Waals surface area contributed by atoms with Gasteiger partial charge in [-0.15, -0.1) is 0 Å². The maximum absolute atomic E-state index is 10.5. The second kappa shape index (κ2) is 3.02. The Morgan fingerprint density at radius 1 is 1.57 bits per heavy atom. The van der Waals surface area contributed by atoms with Crippen molar-refractivity contribution in [3.05, 3.63) is 30.4 Å². The molecule has 2 aromatic rings. The Balaban J connectivity index is 2.38. The molecule has 1 N–H and O–H groups in total. The standard InChI is InChI=1S/C9H8N2O3/c1-11-4-6(10-5-11)7-2-3-8(14-7)9(12)13/h2-5H,1H3,(H,12,13). The first-order valence-corrected chi connectivity index (χ1v) is 3.98. The molecule has 0 amide bonds. The largest absolute Gasteiger partial charge is 0.475 e. The Labute approximate surface area is 79.6 Å². The molecule has 2 aromatic heterocycles. The van der Waals surface area contributed by atoms with Crippen LogP contribution in [-0.4, -0.2) is 20.6 Å². The van der Waals surface area contributed by atoms with Crippen LogP contribution in [0.15, 0.2) is 29.1 Å². The number of carbonyl (C=O) groups is 1. The quantitative estimate of drug-likeness (QED) is 0.780. The maximum atomic E-state index is 10.5. The number of imidazole rings is 1. The number of furan rings is 1. The molecule has 0 unspecified atom stereocenters. The first-order chi connectivity index (χ1) is 6.66. The summed E-state index contributed by atoms with van der Waals surface area (Å²) in [5, 5.41) is 8.63. The third kappa shape index (κ3) is 1.39. The Kier molecular flexibility index (Phi) is 1.85. The van der Waals surface area contributed by atoms with Gasteiger partial charge in [-0.3, -0.25) is 0 Å². The number of aryl methyl sites for hydroxylation is 1. The zero-order valence-corrected chi connectivity index (χ0v) is 7.47. The van der Waals surface area contributed by atoms with E-state index in [0.29, 0.717) is 11.5 Å². The molecule has 0 bridgehead atoms. The molecule has 2 rings (SSSR count). The van der Waals surface area contributed by atoms with E-state index in [1.807, 2.05) is 7.05 Å². The summed E-state index contributed by atoms with van der Waals surface area (Å²) in [4.78, 5) is 14.6. The van der Waals surface area contributed by atoms with Gasteiger partial charge in [-0.05, 0) is 12.1 Å². The van der Waals surface area contributed by atoms with Crippen molar-refractivity contribution in [1.29, 1.82) is 0 Å². The van der Waals surface area contributed by atoms with E-state index >= 15 is 0 Å². The number of hydrogen-bond acceptors (Lipinski definition) is 3. The summed E-state index contributed by atoms with van der Waals surface area (Å²) in [5.41, 5.74) is 0.625. The van der Waals surface area contributed by atoms with Gasteiger partial charge < -0.3 is 14.1 Å². The molecule has 5 nitrogen and oxygen atoms in total. The van der Waals surface area contributed by atoms with Crippen molar-refractivity contribution in [1.82, 2.24) is 9.55 Å². The van der Waals surface area contributed by atoms with Crippen LogP contribution in [0.25, 0.3) is 11.5 Å². The SMILES string of the molecule is Cn1cnc(-c2ccc(C(=O)O)o2)c1. The van der Waals surface area contributed by atoms with Gasteiger partial charge in [-0.25, -0.2) is 9.78 Å². The average molecular weight is 192 g/mol. The maximum Gasteiger partial charge on any atom is 0.371 e. The fourth-order valence-electron chi connectivity index (χ4n) is 1.13. The smallest absolute Gasteiger partial charge is 0.371 e. The lowest BCUT2D eigenvalue weighted by Crippen LogP contribution is -1.91. The van der Waals surface area contributed by atoms with Gasteiger partial charge in [0.15, 0.2) is 5.76 Å². The Bertz CT molecular complexity index is 470. The van der Waals surface area contributed by atoms with Crippen LogP contribution in [0.5, 0.6) is 0 Å². The fraction of sp³-hybridized carbons (Fsp3) is 0.111. The zero-order chi connectivity index (χ0) is 10.1. The molecule has 14 heavy (non-hydrogen) atoms. The summed E-state index contributed by atoms with van der Waals surface area (Å²) in [6.45, 7) is 0. The molecular formula is C9H8N2O3. The predicted molar refractivity (Wildman–Crippen MR) is 47.9 cm³/mol. The molecule has 0 aromatic carbocycles. The highest BCUT2D eigenvalue weighted by molar-refractivity contribution is 5.85. The van der Waals surface area contributed by atoms with E-state index in [-0.39, 0.29) is 5.76 Å². The minimum Gasteiger partial charge on any atom is -0.475 e. The molecule has 0 atom stereocenters. The average Bonchev–Trinajstić information content (AvgIpc) is 2.70. The van der Waals surface area contributed by atoms with Gasteiger partial charge in [-0.1, -0.05) is 0 Å². The molecule has 2 heterocycles. The number of aromatic nitrogens is 2. The number of carboxylic acids is 1. The van der Waals surface area contributed by atoms with Crippen molar-refractivity contribution in [2.24, 2.45) is 7.05 Å². The lowest BCUT2D eigenvalue weighted by atomic mass is 10.3. The second-order valence-corrected chi connectivity index (χ2v) is 2.89. The predicted octanol–water partition coefficient (Wildman–Crippen LogP) is 1.38. The molecule has 0 saturated carbocycles. The highest BCUT2D eigenvalue weighted by Gasteiger charge is 2.11. The van der Waals surface area contributed by atoms with E-state index in [0.717, 1.165) is 0 Å². The minimum absolute atomic E-state index is 0.0781. The number of rotatable bonds is 2. The normalized spacial score (nSPS) is 10.4. The van der Waals surface area contributed by atoms with Crippen molar-refractivity contribution in [3.63, 3.8) is 0 Å². The fourth-order valence-corrected chi connectivity index (χ4v) is 1.13. The van der Waals surface area contributed by atoms with Gasteiger partial charge in [0.2, 0.25) is 5.76 Å². The molecule has 0 radical (unpaired) electrons. The van der Waals surface area contributed by atoms with Crippen LogP contribution in [0.1, 0.15) is 10.6 Å². The van der Waals surface area contributed by atoms with Crippen molar-refractivity contribution in [2.45, 2.75) is 0 Å². The van der Waals surface area contributed by atoms with Gasteiger partial charge in [0.25, 0.3) is 0 Å². The molecule has 72 valence electrons. The first-order valence-electron chi connectivity index (χ1n) is 3.98. The summed E-state index contributed by atoms with van der Waals surface area (Å²) >= 11 is 0. The Morgan fingerprint density at radius 2 is 2.36 bits per heavy atom. The Hall–Kier alpha value is -2.04. The molecule has 0 fully saturated rings. The van der Waals surface area contributed by atoms with Crippen molar-refractivity contribution in [3.8, 4) is 11.5 Å². The Morgan fingerprint density at radius 3 is 2.86 bits per heavy atom. The third-order valence-corrected chi connectivity index (χ3v) is 1.77. The van der Waals surface area contributed by atoms with E-state index in [2.05, 4.69) is 4.98 Å². The van der Waals surface area contributed by atoms with Crippen molar-refractivity contribution < 1.29 is 14.3 Å². The summed E-state index contributed by atoms with van der Waals surface area (Å²) in [6, 6.07) is 3.00. The van der Waals surface area contributed by atoms with E-state index < -0.39 is 5.97 Å². The van der Waals surface area contributed by atoms with E-state index in [4.69, 9.17) is 9.52 Å². The molecule has 0 aliphatic rings. The first kappa shape index (κ1) is 8.55. The van der Waals surface area contributed by atoms with Gasteiger partial charge in [-0.2, -0.15) is 0 Å². The van der Waals surface area contributed by atoms with Crippen LogP contribution in [-0.2, 0) is 7.05 Å². The van der Waals surface area contributed by atoms with E-state index in [1.165, 1.54) is 6.07 Å². The van der Waals surface area contributed by atoms with Gasteiger partial charge in [0.05, 0.1) is 6.33 Å². The van der Waals surface area contributed by atoms with Crippen LogP contribution in [0.3, 0.4) is 0 Å². The summed E-state index contributed by atoms with van der Waals surface area (Å²) in [5.74, 6) is -0.694. The summed E-state index contributed by atoms with van der Waals surface area (Å²) in [7, 11) is 1.83. The van der Waals surface area contributed by atoms with Gasteiger partial charge in [0.1, 0.15) is 5.69 Å². The molecule has 0 spiro atoms. The highest BCUT2D eigenvalue weighted by Crippen LogP contribution is 2.19. The topological polar surface area (TPSA) is 68.3 Å². The van der Waals surface area contributed by atoms with E-state index in [9.17, 15) is 4.79 Å². The number of hydrogen-bond donors (Lipinski definition) is 1. The molecule has 0 aliphatic heterocycles. The lowest BCUT2D eigenvalue weighted by molar-refractivity contribution is 0.0663. The molecule has 0 aliphatic carbocycles. The van der Waals surface area contributed by atoms with Crippen molar-refractivity contribution in [2.75, 3.05) is 0 Å². The minimum atomic E-state index is -1.08. The number of carboxylic acid groups (broad SMARTS) is 1. The summed E-state index contributed by atoms with van der Waals surface area (Å²) < 4.78 is 6.83.